The van der Waals surface area contributed by atoms with E-state index >= 15 is 0 Å². The van der Waals surface area contributed by atoms with Crippen LogP contribution in [0.1, 0.15) is 17.4 Å². The van der Waals surface area contributed by atoms with E-state index in [1.807, 2.05) is 0 Å². The second kappa shape index (κ2) is 8.40. The number of aryl methyl sites for hydroxylation is 1. The summed E-state index contributed by atoms with van der Waals surface area (Å²) in [5.41, 5.74) is 7.29. The van der Waals surface area contributed by atoms with Crippen LogP contribution < -0.4 is 11.1 Å². The first-order valence-electron chi connectivity index (χ1n) is 6.42. The van der Waals surface area contributed by atoms with Crippen LogP contribution in [0.5, 0.6) is 0 Å². The van der Waals surface area contributed by atoms with E-state index in [0.717, 1.165) is 6.29 Å². The van der Waals surface area contributed by atoms with Gasteiger partial charge in [-0.2, -0.15) is 0 Å². The van der Waals surface area contributed by atoms with Crippen LogP contribution in [-0.4, -0.2) is 42.6 Å². The second-order valence-electron chi connectivity index (χ2n) is 4.55. The lowest BCUT2D eigenvalue weighted by Crippen LogP contribution is -2.22. The van der Waals surface area contributed by atoms with Crippen molar-refractivity contribution in [3.05, 3.63) is 28.6 Å². The van der Waals surface area contributed by atoms with Gasteiger partial charge in [-0.1, -0.05) is 0 Å². The number of thioether (sulfide) groups is 1. The molecule has 1 aromatic rings. The Balaban J connectivity index is 0.000000745. The normalized spacial score (nSPS) is 13.9. The van der Waals surface area contributed by atoms with E-state index in [-0.39, 0.29) is 5.91 Å². The molecule has 0 aliphatic carbocycles. The lowest BCUT2D eigenvalue weighted by Gasteiger charge is -2.13. The van der Waals surface area contributed by atoms with Crippen LogP contribution in [0.25, 0.3) is 0 Å². The van der Waals surface area contributed by atoms with E-state index in [0.29, 0.717) is 33.6 Å². The SMILES string of the molecule is CC1=C(C(=O)Nc2cc(C=O)n(C)c2)SCC(N)=N1.COC. The van der Waals surface area contributed by atoms with Gasteiger partial charge in [0.1, 0.15) is 5.84 Å². The summed E-state index contributed by atoms with van der Waals surface area (Å²) >= 11 is 1.36. The molecule has 0 saturated carbocycles. The quantitative estimate of drug-likeness (QED) is 0.818. The number of ether oxygens (including phenoxy) is 1. The Hall–Kier alpha value is -2.06. The van der Waals surface area contributed by atoms with Gasteiger partial charge in [-0.25, -0.2) is 4.99 Å². The molecule has 0 saturated heterocycles. The van der Waals surface area contributed by atoms with Crippen molar-refractivity contribution in [2.75, 3.05) is 25.3 Å². The molecule has 2 rings (SSSR count). The van der Waals surface area contributed by atoms with Gasteiger partial charge in [0.05, 0.1) is 27.7 Å². The molecule has 0 unspecified atom stereocenters. The molecule has 8 heteroatoms. The maximum absolute atomic E-state index is 12.1. The molecule has 0 fully saturated rings. The van der Waals surface area contributed by atoms with Gasteiger partial charge in [0.15, 0.2) is 6.29 Å². The number of rotatable bonds is 3. The first-order valence-corrected chi connectivity index (χ1v) is 7.41. The molecule has 0 spiro atoms. The number of amidine groups is 1. The smallest absolute Gasteiger partial charge is 0.263 e. The first kappa shape index (κ1) is 18.0. The highest BCUT2D eigenvalue weighted by molar-refractivity contribution is 8.04. The van der Waals surface area contributed by atoms with E-state index in [2.05, 4.69) is 15.0 Å². The van der Waals surface area contributed by atoms with E-state index in [9.17, 15) is 9.59 Å². The minimum absolute atomic E-state index is 0.234. The van der Waals surface area contributed by atoms with Gasteiger partial charge in [-0.05, 0) is 13.0 Å². The number of carbonyl (C=O) groups is 2. The van der Waals surface area contributed by atoms with Crippen LogP contribution in [0.15, 0.2) is 27.9 Å². The summed E-state index contributed by atoms with van der Waals surface area (Å²) in [4.78, 5) is 27.5. The third-order valence-electron chi connectivity index (χ3n) is 2.63. The van der Waals surface area contributed by atoms with Crippen LogP contribution in [0.2, 0.25) is 0 Å². The molecule has 1 aromatic heterocycles. The number of nitrogens with zero attached hydrogens (tertiary/aromatic N) is 2. The zero-order valence-electron chi connectivity index (χ0n) is 13.0. The highest BCUT2D eigenvalue weighted by atomic mass is 32.2. The molecule has 0 radical (unpaired) electrons. The largest absolute Gasteiger partial charge is 0.388 e. The molecule has 1 aliphatic heterocycles. The third-order valence-corrected chi connectivity index (χ3v) is 3.84. The van der Waals surface area contributed by atoms with Crippen molar-refractivity contribution in [3.8, 4) is 0 Å². The van der Waals surface area contributed by atoms with Crippen molar-refractivity contribution in [2.24, 2.45) is 17.8 Å². The molecule has 0 aromatic carbocycles. The van der Waals surface area contributed by atoms with Crippen LogP contribution in [0, 0.1) is 0 Å². The monoisotopic (exact) mass is 324 g/mol. The summed E-state index contributed by atoms with van der Waals surface area (Å²) in [5.74, 6) is 0.790. The minimum atomic E-state index is -0.234. The standard InChI is InChI=1S/C12H14N4O2S.C2H6O/c1-7-11(19-6-10(13)14-7)12(18)15-8-3-9(5-17)16(2)4-8;1-3-2/h3-5H,6H2,1-2H3,(H2,13,14)(H,15,18);1-2H3. The van der Waals surface area contributed by atoms with Crippen molar-refractivity contribution in [3.63, 3.8) is 0 Å². The Morgan fingerprint density at radius 3 is 2.68 bits per heavy atom. The van der Waals surface area contributed by atoms with Crippen molar-refractivity contribution in [1.82, 2.24) is 4.57 Å². The Morgan fingerprint density at radius 2 is 2.18 bits per heavy atom. The molecule has 22 heavy (non-hydrogen) atoms. The van der Waals surface area contributed by atoms with Gasteiger partial charge in [-0.15, -0.1) is 11.8 Å². The number of carbonyl (C=O) groups excluding carboxylic acids is 2. The number of nitrogens with one attached hydrogen (secondary N) is 1. The highest BCUT2D eigenvalue weighted by Crippen LogP contribution is 2.26. The van der Waals surface area contributed by atoms with Crippen LogP contribution in [0.4, 0.5) is 5.69 Å². The van der Waals surface area contributed by atoms with Crippen molar-refractivity contribution in [1.29, 1.82) is 0 Å². The number of allylic oxidation sites excluding steroid dienone is 1. The maximum atomic E-state index is 12.1. The fourth-order valence-electron chi connectivity index (χ4n) is 1.73. The maximum Gasteiger partial charge on any atom is 0.263 e. The number of aldehydes is 1. The van der Waals surface area contributed by atoms with Crippen LogP contribution in [0.3, 0.4) is 0 Å². The lowest BCUT2D eigenvalue weighted by molar-refractivity contribution is -0.112. The number of aromatic nitrogens is 1. The summed E-state index contributed by atoms with van der Waals surface area (Å²) in [6.07, 6.45) is 2.42. The number of hydrogen-bond donors (Lipinski definition) is 2. The predicted octanol–water partition coefficient (Wildman–Crippen LogP) is 1.37. The minimum Gasteiger partial charge on any atom is -0.388 e. The van der Waals surface area contributed by atoms with Gasteiger partial charge in [-0.3, -0.25) is 9.59 Å². The molecular weight excluding hydrogens is 304 g/mol. The summed E-state index contributed by atoms with van der Waals surface area (Å²) in [7, 11) is 4.99. The van der Waals surface area contributed by atoms with E-state index in [4.69, 9.17) is 5.73 Å². The van der Waals surface area contributed by atoms with Gasteiger partial charge in [0.25, 0.3) is 5.91 Å². The number of nitrogens with two attached hydrogens (primary N) is 1. The zero-order chi connectivity index (χ0) is 16.7. The topological polar surface area (TPSA) is 98.7 Å². The summed E-state index contributed by atoms with van der Waals surface area (Å²) in [6, 6.07) is 1.62. The van der Waals surface area contributed by atoms with E-state index < -0.39 is 0 Å². The average molecular weight is 324 g/mol. The number of amides is 1. The Morgan fingerprint density at radius 1 is 1.55 bits per heavy atom. The van der Waals surface area contributed by atoms with Gasteiger partial charge >= 0.3 is 0 Å². The number of methoxy groups -OCH3 is 1. The van der Waals surface area contributed by atoms with Crippen LogP contribution >= 0.6 is 11.8 Å². The van der Waals surface area contributed by atoms with Gasteiger partial charge in [0.2, 0.25) is 0 Å². The molecule has 3 N–H and O–H groups in total. The zero-order valence-corrected chi connectivity index (χ0v) is 13.9. The highest BCUT2D eigenvalue weighted by Gasteiger charge is 2.19. The molecule has 1 aliphatic rings. The lowest BCUT2D eigenvalue weighted by atomic mass is 10.3. The van der Waals surface area contributed by atoms with Crippen molar-refractivity contribution < 1.29 is 14.3 Å². The van der Waals surface area contributed by atoms with Crippen molar-refractivity contribution >= 4 is 35.5 Å². The van der Waals surface area contributed by atoms with Crippen LogP contribution in [-0.2, 0) is 16.6 Å². The summed E-state index contributed by atoms with van der Waals surface area (Å²) in [5, 5.41) is 2.74. The van der Waals surface area contributed by atoms with Gasteiger partial charge < -0.3 is 20.4 Å². The summed E-state index contributed by atoms with van der Waals surface area (Å²) in [6.45, 7) is 1.75. The molecule has 0 atom stereocenters. The average Bonchev–Trinajstić information content (AvgIpc) is 2.79. The Kier molecular flexibility index (Phi) is 6.87. The first-order chi connectivity index (χ1) is 10.4. The summed E-state index contributed by atoms with van der Waals surface area (Å²) < 4.78 is 5.90. The molecular formula is C14H20N4O3S. The predicted molar refractivity (Wildman–Crippen MR) is 89.1 cm³/mol. The Labute approximate surface area is 133 Å². The van der Waals surface area contributed by atoms with E-state index in [1.54, 1.807) is 45.0 Å². The van der Waals surface area contributed by atoms with Gasteiger partial charge in [0, 0.05) is 27.5 Å². The number of hydrogen-bond acceptors (Lipinski definition) is 6. The fourth-order valence-corrected chi connectivity index (χ4v) is 2.53. The number of aliphatic imine (C=N–C) groups is 1. The second-order valence-corrected chi connectivity index (χ2v) is 5.54. The third kappa shape index (κ3) is 4.74. The van der Waals surface area contributed by atoms with Crippen molar-refractivity contribution in [2.45, 2.75) is 6.92 Å². The molecule has 1 amide bonds. The molecule has 2 heterocycles. The fraction of sp³-hybridized carbons (Fsp3) is 0.357. The molecule has 7 nitrogen and oxygen atoms in total. The number of anilines is 1. The molecule has 0 bridgehead atoms. The molecule has 120 valence electrons. The van der Waals surface area contributed by atoms with E-state index in [1.165, 1.54) is 11.8 Å². The Bertz CT molecular complexity index is 620.